The maximum Gasteiger partial charge on any atom is 0.252 e. The molecule has 1 unspecified atom stereocenters. The molecule has 1 aromatic heterocycles. The minimum absolute atomic E-state index is 0.0104. The number of fused-ring (bicyclic) bond motifs is 2. The van der Waals surface area contributed by atoms with Gasteiger partial charge in [-0.05, 0) is 55.9 Å². The summed E-state index contributed by atoms with van der Waals surface area (Å²) < 4.78 is 5.55. The monoisotopic (exact) mass is 328 g/mol. The minimum atomic E-state index is -0.122. The van der Waals surface area contributed by atoms with Crippen LogP contribution in [0.15, 0.2) is 29.1 Å². The lowest BCUT2D eigenvalue weighted by Gasteiger charge is -2.17. The first-order chi connectivity index (χ1) is 11.6. The van der Waals surface area contributed by atoms with Crippen molar-refractivity contribution in [3.05, 3.63) is 40.2 Å². The summed E-state index contributed by atoms with van der Waals surface area (Å²) in [7, 11) is 0. The zero-order chi connectivity index (χ0) is 16.7. The fraction of sp³-hybridized carbons (Fsp3) is 0.526. The number of likely N-dealkylation sites (tertiary alicyclic amines) is 1. The zero-order valence-electron chi connectivity index (χ0n) is 14.0. The van der Waals surface area contributed by atoms with E-state index in [1.54, 1.807) is 0 Å². The Kier molecular flexibility index (Phi) is 4.06. The van der Waals surface area contributed by atoms with Crippen LogP contribution in [0.3, 0.4) is 0 Å². The van der Waals surface area contributed by atoms with Gasteiger partial charge in [0, 0.05) is 36.1 Å². The maximum atomic E-state index is 12.4. The highest BCUT2D eigenvalue weighted by atomic mass is 16.5. The van der Waals surface area contributed by atoms with Gasteiger partial charge in [-0.15, -0.1) is 0 Å². The van der Waals surface area contributed by atoms with Gasteiger partial charge < -0.3 is 14.8 Å². The Morgan fingerprint density at radius 3 is 2.71 bits per heavy atom. The van der Waals surface area contributed by atoms with E-state index in [0.29, 0.717) is 25.0 Å². The number of nitrogens with one attached hydrogen (secondary N) is 1. The Balaban J connectivity index is 1.55. The molecule has 0 bridgehead atoms. The molecule has 24 heavy (non-hydrogen) atoms. The van der Waals surface area contributed by atoms with E-state index in [4.69, 9.17) is 4.74 Å². The van der Waals surface area contributed by atoms with Crippen molar-refractivity contribution < 1.29 is 9.84 Å². The average molecular weight is 328 g/mol. The van der Waals surface area contributed by atoms with Crippen molar-refractivity contribution in [2.75, 3.05) is 19.7 Å². The lowest BCUT2D eigenvalue weighted by Crippen LogP contribution is -2.26. The van der Waals surface area contributed by atoms with E-state index in [0.717, 1.165) is 48.1 Å². The van der Waals surface area contributed by atoms with Gasteiger partial charge in [0.1, 0.15) is 5.75 Å². The second-order valence-corrected chi connectivity index (χ2v) is 7.15. The summed E-state index contributed by atoms with van der Waals surface area (Å²) in [6, 6.07) is 7.74. The number of aliphatic hydroxyl groups excluding tert-OH is 1. The van der Waals surface area contributed by atoms with Crippen LogP contribution in [0.2, 0.25) is 0 Å². The Labute approximate surface area is 141 Å². The third-order valence-electron chi connectivity index (χ3n) is 5.40. The molecule has 2 aromatic rings. The molecule has 1 aliphatic heterocycles. The third kappa shape index (κ3) is 2.94. The number of hydrogen-bond donors (Lipinski definition) is 2. The highest BCUT2D eigenvalue weighted by Crippen LogP contribution is 2.38. The van der Waals surface area contributed by atoms with Crippen LogP contribution in [0.25, 0.3) is 10.9 Å². The van der Waals surface area contributed by atoms with Gasteiger partial charge in [-0.1, -0.05) is 0 Å². The number of aromatic amines is 1. The molecule has 0 spiro atoms. The molecule has 2 fully saturated rings. The van der Waals surface area contributed by atoms with Crippen LogP contribution in [-0.2, 0) is 6.54 Å². The van der Waals surface area contributed by atoms with Crippen molar-refractivity contribution in [3.8, 4) is 5.75 Å². The lowest BCUT2D eigenvalue weighted by molar-refractivity contribution is 0.161. The first kappa shape index (κ1) is 15.7. The average Bonchev–Trinajstić information content (AvgIpc) is 3.05. The van der Waals surface area contributed by atoms with Crippen molar-refractivity contribution in [2.24, 2.45) is 11.8 Å². The summed E-state index contributed by atoms with van der Waals surface area (Å²) in [6.45, 7) is 5.23. The smallest absolute Gasteiger partial charge is 0.252 e. The zero-order valence-corrected chi connectivity index (χ0v) is 14.0. The van der Waals surface area contributed by atoms with Gasteiger partial charge in [-0.2, -0.15) is 0 Å². The van der Waals surface area contributed by atoms with Crippen LogP contribution in [0, 0.1) is 11.8 Å². The van der Waals surface area contributed by atoms with Gasteiger partial charge in [-0.3, -0.25) is 9.69 Å². The molecule has 3 atom stereocenters. The van der Waals surface area contributed by atoms with Gasteiger partial charge in [0.05, 0.1) is 12.7 Å². The van der Waals surface area contributed by atoms with E-state index >= 15 is 0 Å². The first-order valence-corrected chi connectivity index (χ1v) is 8.81. The maximum absolute atomic E-state index is 12.4. The molecular weight excluding hydrogens is 304 g/mol. The summed E-state index contributed by atoms with van der Waals surface area (Å²) in [5, 5.41) is 10.8. The Bertz CT molecular complexity index is 787. The van der Waals surface area contributed by atoms with E-state index in [9.17, 15) is 9.90 Å². The highest BCUT2D eigenvalue weighted by molar-refractivity contribution is 5.80. The van der Waals surface area contributed by atoms with Crippen molar-refractivity contribution in [3.63, 3.8) is 0 Å². The number of aliphatic hydroxyl groups is 1. The number of aromatic nitrogens is 1. The normalized spacial score (nSPS) is 26.8. The van der Waals surface area contributed by atoms with Gasteiger partial charge >= 0.3 is 0 Å². The number of H-pyrrole nitrogens is 1. The van der Waals surface area contributed by atoms with Crippen molar-refractivity contribution in [1.29, 1.82) is 0 Å². The molecule has 1 saturated carbocycles. The van der Waals surface area contributed by atoms with E-state index in [1.807, 2.05) is 31.2 Å². The topological polar surface area (TPSA) is 65.6 Å². The number of benzene rings is 1. The van der Waals surface area contributed by atoms with Crippen molar-refractivity contribution in [2.45, 2.75) is 32.4 Å². The molecule has 1 aromatic carbocycles. The van der Waals surface area contributed by atoms with Crippen LogP contribution < -0.4 is 10.3 Å². The van der Waals surface area contributed by atoms with Gasteiger partial charge in [0.15, 0.2) is 0 Å². The molecule has 5 heteroatoms. The third-order valence-corrected chi connectivity index (χ3v) is 5.40. The van der Waals surface area contributed by atoms with Crippen LogP contribution in [0.4, 0.5) is 0 Å². The lowest BCUT2D eigenvalue weighted by atomic mass is 10.0. The van der Waals surface area contributed by atoms with Crippen LogP contribution in [-0.4, -0.2) is 40.8 Å². The molecule has 128 valence electrons. The molecule has 5 nitrogen and oxygen atoms in total. The summed E-state index contributed by atoms with van der Waals surface area (Å²) >= 11 is 0. The van der Waals surface area contributed by atoms with Crippen LogP contribution in [0.1, 0.15) is 25.3 Å². The Morgan fingerprint density at radius 2 is 2.00 bits per heavy atom. The quantitative estimate of drug-likeness (QED) is 0.902. The van der Waals surface area contributed by atoms with E-state index in [1.165, 1.54) is 0 Å². The van der Waals surface area contributed by atoms with Crippen molar-refractivity contribution in [1.82, 2.24) is 9.88 Å². The van der Waals surface area contributed by atoms with Crippen LogP contribution in [0.5, 0.6) is 5.75 Å². The highest BCUT2D eigenvalue weighted by Gasteiger charge is 2.40. The molecule has 2 aliphatic rings. The fourth-order valence-electron chi connectivity index (χ4n) is 4.34. The van der Waals surface area contributed by atoms with E-state index < -0.39 is 0 Å². The number of rotatable bonds is 4. The second-order valence-electron chi connectivity index (χ2n) is 7.15. The Morgan fingerprint density at radius 1 is 1.25 bits per heavy atom. The first-order valence-electron chi connectivity index (χ1n) is 8.81. The predicted octanol–water partition coefficient (Wildman–Crippen LogP) is 2.13. The van der Waals surface area contributed by atoms with E-state index in [2.05, 4.69) is 9.88 Å². The van der Waals surface area contributed by atoms with Gasteiger partial charge in [-0.25, -0.2) is 0 Å². The molecule has 0 amide bonds. The SMILES string of the molecule is CCOc1ccc2[nH]c(=O)c(CN3C[C@H]4CC(O)C[C@H]4C3)cc2c1. The number of ether oxygens (including phenoxy) is 1. The van der Waals surface area contributed by atoms with Gasteiger partial charge in [0.25, 0.3) is 5.56 Å². The molecule has 1 aliphatic carbocycles. The standard InChI is InChI=1S/C19H24N2O3/c1-2-24-17-3-4-18-12(8-17)5-15(19(23)20-18)11-21-9-13-6-16(22)7-14(13)10-21/h3-5,8,13-14,16,22H,2,6-7,9-11H2,1H3,(H,20,23)/t13-,14+,16?. The minimum Gasteiger partial charge on any atom is -0.494 e. The molecule has 2 heterocycles. The van der Waals surface area contributed by atoms with E-state index in [-0.39, 0.29) is 11.7 Å². The summed E-state index contributed by atoms with van der Waals surface area (Å²) in [5.74, 6) is 2.00. The number of pyridine rings is 1. The largest absolute Gasteiger partial charge is 0.494 e. The molecular formula is C19H24N2O3. The fourth-order valence-corrected chi connectivity index (χ4v) is 4.34. The number of nitrogens with zero attached hydrogens (tertiary/aromatic N) is 1. The van der Waals surface area contributed by atoms with Crippen LogP contribution >= 0.6 is 0 Å². The van der Waals surface area contributed by atoms with Gasteiger partial charge in [0.2, 0.25) is 0 Å². The number of hydrogen-bond acceptors (Lipinski definition) is 4. The summed E-state index contributed by atoms with van der Waals surface area (Å²) in [4.78, 5) is 17.7. The summed E-state index contributed by atoms with van der Waals surface area (Å²) in [5.41, 5.74) is 1.63. The molecule has 4 rings (SSSR count). The predicted molar refractivity (Wildman–Crippen MR) is 93.2 cm³/mol. The molecule has 1 saturated heterocycles. The van der Waals surface area contributed by atoms with Crippen molar-refractivity contribution >= 4 is 10.9 Å². The molecule has 2 N–H and O–H groups in total. The molecule has 0 radical (unpaired) electrons. The summed E-state index contributed by atoms with van der Waals surface area (Å²) in [6.07, 6.45) is 1.70. The Hall–Kier alpha value is -1.85. The second kappa shape index (κ2) is 6.22.